The smallest absolute Gasteiger partial charge is 0.444 e. The van der Waals surface area contributed by atoms with Crippen molar-refractivity contribution in [1.82, 2.24) is 9.78 Å². The maximum absolute atomic E-state index is 12.3. The van der Waals surface area contributed by atoms with E-state index in [4.69, 9.17) is 0 Å². The van der Waals surface area contributed by atoms with Gasteiger partial charge in [0.05, 0.1) is 0 Å². The summed E-state index contributed by atoms with van der Waals surface area (Å²) in [5.41, 5.74) is -0.387. The summed E-state index contributed by atoms with van der Waals surface area (Å²) >= 11 is 0. The molecule has 0 amide bonds. The molecule has 13 heavy (non-hydrogen) atoms. The van der Waals surface area contributed by atoms with Crippen molar-refractivity contribution in [1.29, 1.82) is 0 Å². The van der Waals surface area contributed by atoms with E-state index < -0.39 is 12.6 Å². The van der Waals surface area contributed by atoms with Gasteiger partial charge in [-0.25, -0.2) is 0 Å². The van der Waals surface area contributed by atoms with E-state index in [1.165, 1.54) is 13.1 Å². The molecule has 0 N–H and O–H groups in total. The van der Waals surface area contributed by atoms with Gasteiger partial charge >= 0.3 is 58.4 Å². The van der Waals surface area contributed by atoms with Gasteiger partial charge < -0.3 is 12.9 Å². The summed E-state index contributed by atoms with van der Waals surface area (Å²) in [6, 6.07) is 0. The molecule has 0 unspecified atom stereocenters. The van der Waals surface area contributed by atoms with E-state index in [0.29, 0.717) is 0 Å². The molecule has 0 fully saturated rings. The standard InChI is InChI=1S/C6H9BF3N2.K/c1-3-12-6(7(8,9)10)5(2)4-11-12;/h4H,3H2,1-2H3;/q-1;+1. The summed E-state index contributed by atoms with van der Waals surface area (Å²) in [7, 11) is 0. The fourth-order valence-electron chi connectivity index (χ4n) is 1.17. The Morgan fingerprint density at radius 2 is 2.00 bits per heavy atom. The van der Waals surface area contributed by atoms with Gasteiger partial charge in [0.25, 0.3) is 0 Å². The van der Waals surface area contributed by atoms with Crippen LogP contribution in [0.25, 0.3) is 0 Å². The number of aromatic nitrogens is 2. The number of nitrogens with zero attached hydrogens (tertiary/aromatic N) is 2. The van der Waals surface area contributed by atoms with Crippen molar-refractivity contribution in [3.8, 4) is 0 Å². The van der Waals surface area contributed by atoms with Crippen LogP contribution in [0.2, 0.25) is 0 Å². The van der Waals surface area contributed by atoms with Gasteiger partial charge in [-0.3, -0.25) is 4.68 Å². The Hall–Kier alpha value is 0.701. The maximum atomic E-state index is 12.3. The van der Waals surface area contributed by atoms with Gasteiger partial charge in [0, 0.05) is 12.7 Å². The molecule has 1 aromatic heterocycles. The van der Waals surface area contributed by atoms with Crippen LogP contribution in [0.4, 0.5) is 12.9 Å². The van der Waals surface area contributed by atoms with Gasteiger partial charge in [-0.1, -0.05) is 0 Å². The molecule has 0 aliphatic rings. The molecule has 0 spiro atoms. The average Bonchev–Trinajstić information content (AvgIpc) is 2.29. The van der Waals surface area contributed by atoms with Crippen LogP contribution >= 0.6 is 0 Å². The zero-order valence-corrected chi connectivity index (χ0v) is 11.0. The van der Waals surface area contributed by atoms with E-state index in [2.05, 4.69) is 5.10 Å². The summed E-state index contributed by atoms with van der Waals surface area (Å²) in [5.74, 6) is 0. The van der Waals surface area contributed by atoms with Crippen LogP contribution in [0.3, 0.4) is 0 Å². The number of hydrogen-bond acceptors (Lipinski definition) is 1. The van der Waals surface area contributed by atoms with E-state index in [1.54, 1.807) is 6.92 Å². The minimum atomic E-state index is -4.92. The van der Waals surface area contributed by atoms with E-state index >= 15 is 0 Å². The Labute approximate surface area is 117 Å². The van der Waals surface area contributed by atoms with Crippen LogP contribution in [0.15, 0.2) is 6.20 Å². The van der Waals surface area contributed by atoms with Crippen molar-refractivity contribution < 1.29 is 64.3 Å². The second-order valence-electron chi connectivity index (χ2n) is 2.60. The Bertz CT molecular complexity index is 284. The third-order valence-corrected chi connectivity index (χ3v) is 1.68. The van der Waals surface area contributed by atoms with E-state index in [1.807, 2.05) is 0 Å². The van der Waals surface area contributed by atoms with Gasteiger partial charge in [0.2, 0.25) is 0 Å². The fourth-order valence-corrected chi connectivity index (χ4v) is 1.17. The first kappa shape index (κ1) is 13.7. The summed E-state index contributed by atoms with van der Waals surface area (Å²) in [6.45, 7) is -1.61. The molecule has 0 bridgehead atoms. The minimum absolute atomic E-state index is 0. The Kier molecular flexibility index (Phi) is 5.24. The molecule has 0 aliphatic heterocycles. The van der Waals surface area contributed by atoms with Crippen LogP contribution in [-0.4, -0.2) is 16.8 Å². The molecule has 0 aromatic carbocycles. The SMILES string of the molecule is CCn1ncc(C)c1[B-](F)(F)F.[K+]. The van der Waals surface area contributed by atoms with Crippen LogP contribution in [-0.2, 0) is 6.54 Å². The zero-order chi connectivity index (χ0) is 9.35. The van der Waals surface area contributed by atoms with Crippen LogP contribution in [0.5, 0.6) is 0 Å². The zero-order valence-electron chi connectivity index (χ0n) is 7.89. The Balaban J connectivity index is 0.00000144. The molecule has 7 heteroatoms. The van der Waals surface area contributed by atoms with Gasteiger partial charge in [0.15, 0.2) is 0 Å². The monoisotopic (exact) mass is 216 g/mol. The van der Waals surface area contributed by atoms with Gasteiger partial charge in [-0.15, -0.1) is 0 Å². The van der Waals surface area contributed by atoms with Crippen molar-refractivity contribution in [3.63, 3.8) is 0 Å². The molecule has 1 heterocycles. The first-order valence-corrected chi connectivity index (χ1v) is 3.69. The van der Waals surface area contributed by atoms with E-state index in [9.17, 15) is 12.9 Å². The second-order valence-corrected chi connectivity index (χ2v) is 2.60. The molecule has 0 radical (unpaired) electrons. The average molecular weight is 216 g/mol. The maximum Gasteiger partial charge on any atom is 1.00 e. The third-order valence-electron chi connectivity index (χ3n) is 1.68. The number of aryl methyl sites for hydroxylation is 2. The van der Waals surface area contributed by atoms with Crippen LogP contribution in [0.1, 0.15) is 12.5 Å². The predicted molar refractivity (Wildman–Crippen MR) is 41.4 cm³/mol. The van der Waals surface area contributed by atoms with E-state index in [-0.39, 0.29) is 63.5 Å². The summed E-state index contributed by atoms with van der Waals surface area (Å²) in [6.07, 6.45) is 1.24. The van der Waals surface area contributed by atoms with Crippen molar-refractivity contribution in [2.75, 3.05) is 0 Å². The molecule has 2 nitrogen and oxygen atoms in total. The molecule has 1 rings (SSSR count). The Morgan fingerprint density at radius 1 is 1.46 bits per heavy atom. The number of hydrogen-bond donors (Lipinski definition) is 0. The first-order valence-electron chi connectivity index (χ1n) is 3.69. The van der Waals surface area contributed by atoms with Crippen molar-refractivity contribution in [2.45, 2.75) is 20.4 Å². The molecule has 0 atom stereocenters. The molecule has 0 saturated heterocycles. The predicted octanol–water partition coefficient (Wildman–Crippen LogP) is -1.73. The summed E-state index contributed by atoms with van der Waals surface area (Å²) in [5, 5.41) is 3.61. The first-order chi connectivity index (χ1) is 5.46. The second kappa shape index (κ2) is 4.97. The van der Waals surface area contributed by atoms with Gasteiger partial charge in [-0.2, -0.15) is 5.10 Å². The molecule has 0 aliphatic carbocycles. The van der Waals surface area contributed by atoms with E-state index in [0.717, 1.165) is 4.68 Å². The summed E-state index contributed by atoms with van der Waals surface area (Å²) in [4.78, 5) is 0. The number of rotatable bonds is 2. The van der Waals surface area contributed by atoms with Crippen LogP contribution in [0, 0.1) is 6.92 Å². The number of halogens is 3. The topological polar surface area (TPSA) is 17.8 Å². The third kappa shape index (κ3) is 3.09. The molecular formula is C6H9BF3KN2. The normalized spacial score (nSPS) is 11.2. The minimum Gasteiger partial charge on any atom is -0.444 e. The molecule has 0 saturated carbocycles. The van der Waals surface area contributed by atoms with Gasteiger partial charge in [-0.05, 0) is 25.0 Å². The largest absolute Gasteiger partial charge is 1.00 e. The molecule has 68 valence electrons. The van der Waals surface area contributed by atoms with Gasteiger partial charge in [0.1, 0.15) is 0 Å². The quantitative estimate of drug-likeness (QED) is 0.537. The van der Waals surface area contributed by atoms with Crippen molar-refractivity contribution in [2.24, 2.45) is 0 Å². The van der Waals surface area contributed by atoms with Crippen molar-refractivity contribution in [3.05, 3.63) is 11.8 Å². The van der Waals surface area contributed by atoms with Crippen molar-refractivity contribution >= 4 is 12.6 Å². The molecular weight excluding hydrogens is 207 g/mol. The fraction of sp³-hybridized carbons (Fsp3) is 0.500. The van der Waals surface area contributed by atoms with Crippen LogP contribution < -0.4 is 57.0 Å². The Morgan fingerprint density at radius 3 is 2.31 bits per heavy atom. The summed E-state index contributed by atoms with van der Waals surface area (Å²) < 4.78 is 38.0. The molecule has 1 aromatic rings.